The van der Waals surface area contributed by atoms with E-state index < -0.39 is 0 Å². The van der Waals surface area contributed by atoms with Crippen LogP contribution >= 0.6 is 0 Å². The summed E-state index contributed by atoms with van der Waals surface area (Å²) in [6.07, 6.45) is 8.80. The predicted molar refractivity (Wildman–Crippen MR) is 88.3 cm³/mol. The molecule has 1 aliphatic rings. The van der Waals surface area contributed by atoms with E-state index in [1.165, 1.54) is 38.2 Å². The number of hydrogen-bond donors (Lipinski definition) is 1. The number of aromatic nitrogens is 3. The predicted octanol–water partition coefficient (Wildman–Crippen LogP) is 3.44. The summed E-state index contributed by atoms with van der Waals surface area (Å²) in [5.74, 6) is 0.599. The number of halogens is 1. The normalized spacial score (nSPS) is 15.9. The molecule has 0 radical (unpaired) electrons. The summed E-state index contributed by atoms with van der Waals surface area (Å²) >= 11 is 0. The van der Waals surface area contributed by atoms with Crippen LogP contribution in [-0.2, 0) is 19.5 Å². The van der Waals surface area contributed by atoms with Gasteiger partial charge in [-0.1, -0.05) is 55.5 Å². The van der Waals surface area contributed by atoms with Crippen LogP contribution < -0.4 is 5.73 Å². The van der Waals surface area contributed by atoms with Crippen molar-refractivity contribution in [2.24, 2.45) is 11.7 Å². The lowest BCUT2D eigenvalue weighted by Crippen LogP contribution is -2.13. The first-order chi connectivity index (χ1) is 11.3. The van der Waals surface area contributed by atoms with Gasteiger partial charge < -0.3 is 5.73 Å². The maximum atomic E-state index is 13.9. The van der Waals surface area contributed by atoms with E-state index in [2.05, 4.69) is 10.3 Å². The summed E-state index contributed by atoms with van der Waals surface area (Å²) in [5, 5.41) is 8.40. The monoisotopic (exact) mass is 316 g/mol. The van der Waals surface area contributed by atoms with Crippen LogP contribution in [0.2, 0.25) is 0 Å². The summed E-state index contributed by atoms with van der Waals surface area (Å²) in [5.41, 5.74) is 8.36. The second-order valence-electron chi connectivity index (χ2n) is 6.48. The Morgan fingerprint density at radius 1 is 1.17 bits per heavy atom. The Kier molecular flexibility index (Phi) is 5.39. The molecule has 2 N–H and O–H groups in total. The van der Waals surface area contributed by atoms with Crippen molar-refractivity contribution in [3.63, 3.8) is 0 Å². The van der Waals surface area contributed by atoms with E-state index in [0.717, 1.165) is 30.1 Å². The van der Waals surface area contributed by atoms with Crippen molar-refractivity contribution in [2.75, 3.05) is 0 Å². The Morgan fingerprint density at radius 3 is 2.70 bits per heavy atom. The molecule has 0 aliphatic heterocycles. The van der Waals surface area contributed by atoms with Gasteiger partial charge in [-0.25, -0.2) is 9.07 Å². The topological polar surface area (TPSA) is 56.7 Å². The standard InChI is InChI=1S/C18H25FN4/c19-16-9-5-4-8-15(16)13-23-18(17(12-20)21-22-23)11-10-14-6-2-1-3-7-14/h4-5,8-9,14H,1-3,6-7,10-13,20H2. The van der Waals surface area contributed by atoms with E-state index in [1.807, 2.05) is 10.7 Å². The molecule has 1 aromatic carbocycles. The summed E-state index contributed by atoms with van der Waals surface area (Å²) in [6, 6.07) is 6.83. The van der Waals surface area contributed by atoms with Gasteiger partial charge in [-0.3, -0.25) is 0 Å². The van der Waals surface area contributed by atoms with Crippen molar-refractivity contribution >= 4 is 0 Å². The van der Waals surface area contributed by atoms with E-state index in [0.29, 0.717) is 18.7 Å². The van der Waals surface area contributed by atoms with Crippen molar-refractivity contribution < 1.29 is 4.39 Å². The molecule has 3 rings (SSSR count). The molecule has 1 aliphatic carbocycles. The number of rotatable bonds is 6. The minimum atomic E-state index is -0.199. The van der Waals surface area contributed by atoms with Gasteiger partial charge in [0.2, 0.25) is 0 Å². The Bertz CT molecular complexity index is 632. The quantitative estimate of drug-likeness (QED) is 0.888. The molecule has 0 unspecified atom stereocenters. The Morgan fingerprint density at radius 2 is 1.96 bits per heavy atom. The van der Waals surface area contributed by atoms with Crippen molar-refractivity contribution in [2.45, 2.75) is 58.0 Å². The van der Waals surface area contributed by atoms with Crippen LogP contribution in [0.15, 0.2) is 24.3 Å². The highest BCUT2D eigenvalue weighted by Gasteiger charge is 2.17. The van der Waals surface area contributed by atoms with Gasteiger partial charge in [0.15, 0.2) is 0 Å². The maximum absolute atomic E-state index is 13.9. The van der Waals surface area contributed by atoms with Crippen molar-refractivity contribution in [3.8, 4) is 0 Å². The van der Waals surface area contributed by atoms with Gasteiger partial charge in [-0.05, 0) is 24.8 Å². The van der Waals surface area contributed by atoms with Crippen LogP contribution in [0, 0.1) is 11.7 Å². The average Bonchev–Trinajstić information content (AvgIpc) is 2.98. The SMILES string of the molecule is NCc1nnn(Cc2ccccc2F)c1CCC1CCCCC1. The Labute approximate surface area is 136 Å². The van der Waals surface area contributed by atoms with Gasteiger partial charge in [-0.15, -0.1) is 5.10 Å². The Balaban J connectivity index is 1.73. The van der Waals surface area contributed by atoms with Crippen LogP contribution in [0.5, 0.6) is 0 Å². The first-order valence-electron chi connectivity index (χ1n) is 8.62. The fourth-order valence-corrected chi connectivity index (χ4v) is 3.53. The van der Waals surface area contributed by atoms with Gasteiger partial charge in [0, 0.05) is 12.1 Å². The highest BCUT2D eigenvalue weighted by atomic mass is 19.1. The molecule has 1 aromatic heterocycles. The lowest BCUT2D eigenvalue weighted by molar-refractivity contribution is 0.336. The summed E-state index contributed by atoms with van der Waals surface area (Å²) in [4.78, 5) is 0. The third-order valence-corrected chi connectivity index (χ3v) is 4.90. The van der Waals surface area contributed by atoms with Crippen LogP contribution in [0.4, 0.5) is 4.39 Å². The van der Waals surface area contributed by atoms with Gasteiger partial charge >= 0.3 is 0 Å². The minimum absolute atomic E-state index is 0.199. The third kappa shape index (κ3) is 3.96. The van der Waals surface area contributed by atoms with E-state index in [-0.39, 0.29) is 5.82 Å². The molecule has 1 saturated carbocycles. The van der Waals surface area contributed by atoms with Crippen LogP contribution in [0.3, 0.4) is 0 Å². The zero-order valence-corrected chi connectivity index (χ0v) is 13.5. The van der Waals surface area contributed by atoms with E-state index in [9.17, 15) is 4.39 Å². The molecular formula is C18H25FN4. The van der Waals surface area contributed by atoms with Gasteiger partial charge in [0.25, 0.3) is 0 Å². The van der Waals surface area contributed by atoms with E-state index >= 15 is 0 Å². The molecule has 1 fully saturated rings. The summed E-state index contributed by atoms with van der Waals surface area (Å²) in [6.45, 7) is 0.803. The lowest BCUT2D eigenvalue weighted by Gasteiger charge is -2.21. The fourth-order valence-electron chi connectivity index (χ4n) is 3.53. The van der Waals surface area contributed by atoms with Gasteiger partial charge in [0.05, 0.1) is 17.9 Å². The second kappa shape index (κ2) is 7.68. The highest BCUT2D eigenvalue weighted by molar-refractivity contribution is 5.19. The zero-order chi connectivity index (χ0) is 16.1. The van der Waals surface area contributed by atoms with Crippen molar-refractivity contribution in [3.05, 3.63) is 47.0 Å². The molecule has 23 heavy (non-hydrogen) atoms. The average molecular weight is 316 g/mol. The number of benzene rings is 1. The molecule has 2 aromatic rings. The van der Waals surface area contributed by atoms with Crippen molar-refractivity contribution in [1.29, 1.82) is 0 Å². The van der Waals surface area contributed by atoms with Crippen molar-refractivity contribution in [1.82, 2.24) is 15.0 Å². The molecule has 1 heterocycles. The van der Waals surface area contributed by atoms with Gasteiger partial charge in [0.1, 0.15) is 5.82 Å². The third-order valence-electron chi connectivity index (χ3n) is 4.90. The number of nitrogens with zero attached hydrogens (tertiary/aromatic N) is 3. The zero-order valence-electron chi connectivity index (χ0n) is 13.5. The maximum Gasteiger partial charge on any atom is 0.128 e. The first-order valence-corrected chi connectivity index (χ1v) is 8.62. The molecule has 0 atom stereocenters. The van der Waals surface area contributed by atoms with Crippen LogP contribution in [0.25, 0.3) is 0 Å². The molecule has 5 heteroatoms. The molecular weight excluding hydrogens is 291 g/mol. The number of nitrogens with two attached hydrogens (primary N) is 1. The molecule has 124 valence electrons. The fraction of sp³-hybridized carbons (Fsp3) is 0.556. The molecule has 0 spiro atoms. The molecule has 4 nitrogen and oxygen atoms in total. The molecule has 0 saturated heterocycles. The molecule has 0 bridgehead atoms. The highest BCUT2D eigenvalue weighted by Crippen LogP contribution is 2.28. The van der Waals surface area contributed by atoms with Crippen LogP contribution in [-0.4, -0.2) is 15.0 Å². The van der Waals surface area contributed by atoms with E-state index in [4.69, 9.17) is 5.73 Å². The largest absolute Gasteiger partial charge is 0.325 e. The smallest absolute Gasteiger partial charge is 0.128 e. The van der Waals surface area contributed by atoms with Gasteiger partial charge in [-0.2, -0.15) is 0 Å². The minimum Gasteiger partial charge on any atom is -0.325 e. The molecule has 0 amide bonds. The number of hydrogen-bond acceptors (Lipinski definition) is 3. The lowest BCUT2D eigenvalue weighted by atomic mass is 9.85. The second-order valence-corrected chi connectivity index (χ2v) is 6.48. The summed E-state index contributed by atoms with van der Waals surface area (Å²) in [7, 11) is 0. The first kappa shape index (κ1) is 16.1. The summed E-state index contributed by atoms with van der Waals surface area (Å²) < 4.78 is 15.7. The van der Waals surface area contributed by atoms with Crippen LogP contribution in [0.1, 0.15) is 55.5 Å². The Hall–Kier alpha value is -1.75. The van der Waals surface area contributed by atoms with E-state index in [1.54, 1.807) is 12.1 Å².